The van der Waals surface area contributed by atoms with Gasteiger partial charge in [0.2, 0.25) is 5.91 Å². The summed E-state index contributed by atoms with van der Waals surface area (Å²) in [6.45, 7) is 12.1. The molecule has 0 bridgehead atoms. The van der Waals surface area contributed by atoms with Gasteiger partial charge in [0.1, 0.15) is 13.2 Å². The predicted molar refractivity (Wildman–Crippen MR) is 108 cm³/mol. The van der Waals surface area contributed by atoms with Crippen molar-refractivity contribution in [1.82, 2.24) is 9.80 Å². The molecule has 152 valence electrons. The number of ketones is 1. The second kappa shape index (κ2) is 9.24. The Labute approximate surface area is 167 Å². The van der Waals surface area contributed by atoms with Gasteiger partial charge in [0.15, 0.2) is 17.3 Å². The number of Topliss-reactive ketones (excluding diaryl/α,β-unsaturated/α-hetero) is 1. The third-order valence-corrected chi connectivity index (χ3v) is 5.34. The molecule has 1 fully saturated rings. The Morgan fingerprint density at radius 1 is 1.18 bits per heavy atom. The van der Waals surface area contributed by atoms with E-state index in [4.69, 9.17) is 9.47 Å². The molecule has 1 amide bonds. The van der Waals surface area contributed by atoms with Crippen molar-refractivity contribution in [2.24, 2.45) is 5.92 Å². The average Bonchev–Trinajstić information content (AvgIpc) is 2.71. The lowest BCUT2D eigenvalue weighted by molar-refractivity contribution is -0.132. The van der Waals surface area contributed by atoms with Crippen LogP contribution in [0.1, 0.15) is 37.0 Å². The fourth-order valence-corrected chi connectivity index (χ4v) is 3.78. The van der Waals surface area contributed by atoms with Gasteiger partial charge in [-0.15, -0.1) is 0 Å². The van der Waals surface area contributed by atoms with Crippen LogP contribution >= 0.6 is 0 Å². The Hall–Kier alpha value is -2.34. The van der Waals surface area contributed by atoms with Gasteiger partial charge in [-0.05, 0) is 58.0 Å². The van der Waals surface area contributed by atoms with E-state index in [0.717, 1.165) is 31.5 Å². The normalized spacial score (nSPS) is 17.2. The second-order valence-corrected chi connectivity index (χ2v) is 7.64. The van der Waals surface area contributed by atoms with Gasteiger partial charge in [-0.1, -0.05) is 12.2 Å². The maximum atomic E-state index is 12.9. The fraction of sp³-hybridized carbons (Fsp3) is 0.545. The molecule has 2 aliphatic rings. The minimum absolute atomic E-state index is 0.00777. The quantitative estimate of drug-likeness (QED) is 0.533. The highest BCUT2D eigenvalue weighted by Gasteiger charge is 2.28. The van der Waals surface area contributed by atoms with Crippen LogP contribution in [0.25, 0.3) is 0 Å². The molecule has 1 aromatic carbocycles. The van der Waals surface area contributed by atoms with E-state index in [9.17, 15) is 9.59 Å². The minimum Gasteiger partial charge on any atom is -0.486 e. The van der Waals surface area contributed by atoms with E-state index in [1.807, 2.05) is 30.9 Å². The van der Waals surface area contributed by atoms with Crippen LogP contribution in [-0.2, 0) is 4.79 Å². The van der Waals surface area contributed by atoms with E-state index in [1.165, 1.54) is 0 Å². The number of likely N-dealkylation sites (N-methyl/N-ethyl adjacent to an activating group) is 1. The first-order valence-electron chi connectivity index (χ1n) is 10.1. The number of piperidine rings is 1. The zero-order valence-corrected chi connectivity index (χ0v) is 16.9. The molecule has 6 nitrogen and oxygen atoms in total. The van der Waals surface area contributed by atoms with Crippen LogP contribution in [0.4, 0.5) is 0 Å². The van der Waals surface area contributed by atoms with E-state index >= 15 is 0 Å². The molecule has 0 spiro atoms. The molecule has 0 aliphatic carbocycles. The summed E-state index contributed by atoms with van der Waals surface area (Å²) in [7, 11) is 0. The van der Waals surface area contributed by atoms with Gasteiger partial charge in [0, 0.05) is 24.6 Å². The van der Waals surface area contributed by atoms with Crippen LogP contribution in [0.5, 0.6) is 11.5 Å². The molecule has 6 heteroatoms. The summed E-state index contributed by atoms with van der Waals surface area (Å²) < 4.78 is 11.1. The Morgan fingerprint density at radius 3 is 2.50 bits per heavy atom. The zero-order valence-electron chi connectivity index (χ0n) is 16.9. The molecule has 0 radical (unpaired) electrons. The number of hydrogen-bond acceptors (Lipinski definition) is 5. The lowest BCUT2D eigenvalue weighted by Gasteiger charge is -2.32. The smallest absolute Gasteiger partial charge is 0.237 e. The van der Waals surface area contributed by atoms with Gasteiger partial charge in [0.05, 0.1) is 6.54 Å². The highest BCUT2D eigenvalue weighted by Crippen LogP contribution is 2.32. The number of hydrogen-bond donors (Lipinski definition) is 0. The van der Waals surface area contributed by atoms with Crippen molar-refractivity contribution in [2.75, 3.05) is 45.9 Å². The number of likely N-dealkylation sites (tertiary alicyclic amines) is 1. The van der Waals surface area contributed by atoms with Crippen molar-refractivity contribution in [1.29, 1.82) is 0 Å². The molecule has 3 rings (SSSR count). The Morgan fingerprint density at radius 2 is 1.86 bits per heavy atom. The van der Waals surface area contributed by atoms with Gasteiger partial charge >= 0.3 is 0 Å². The van der Waals surface area contributed by atoms with Gasteiger partial charge in [-0.3, -0.25) is 14.5 Å². The monoisotopic (exact) mass is 386 g/mol. The maximum Gasteiger partial charge on any atom is 0.237 e. The summed E-state index contributed by atoms with van der Waals surface area (Å²) in [6, 6.07) is 5.43. The summed E-state index contributed by atoms with van der Waals surface area (Å²) in [4.78, 5) is 29.4. The van der Waals surface area contributed by atoms with Crippen LogP contribution in [0, 0.1) is 5.92 Å². The topological polar surface area (TPSA) is 59.1 Å². The summed E-state index contributed by atoms with van der Waals surface area (Å²) >= 11 is 0. The maximum absolute atomic E-state index is 12.9. The number of carbonyl (C=O) groups is 2. The Balaban J connectivity index is 1.53. The highest BCUT2D eigenvalue weighted by atomic mass is 16.6. The zero-order chi connectivity index (χ0) is 20.1. The standard InChI is InChI=1S/C22H30N2O4/c1-4-24(14-16(2)3)21(25)15-23-9-7-17(8-10-23)22(26)18-5-6-19-20(13-18)28-12-11-27-19/h5-6,13,17H,2,4,7-12,14-15H2,1,3H3. The molecule has 28 heavy (non-hydrogen) atoms. The third kappa shape index (κ3) is 4.93. The minimum atomic E-state index is -0.00777. The van der Waals surface area contributed by atoms with Crippen LogP contribution in [0.3, 0.4) is 0 Å². The number of carbonyl (C=O) groups excluding carboxylic acids is 2. The summed E-state index contributed by atoms with van der Waals surface area (Å²) in [5.74, 6) is 1.62. The van der Waals surface area contributed by atoms with Gasteiger partial charge in [-0.25, -0.2) is 0 Å². The summed E-state index contributed by atoms with van der Waals surface area (Å²) in [5, 5.41) is 0. The number of fused-ring (bicyclic) bond motifs is 1. The van der Waals surface area contributed by atoms with Crippen molar-refractivity contribution >= 4 is 11.7 Å². The van der Waals surface area contributed by atoms with Crippen LogP contribution < -0.4 is 9.47 Å². The van der Waals surface area contributed by atoms with E-state index < -0.39 is 0 Å². The van der Waals surface area contributed by atoms with E-state index in [-0.39, 0.29) is 17.6 Å². The first-order chi connectivity index (χ1) is 13.5. The molecule has 0 unspecified atom stereocenters. The first-order valence-corrected chi connectivity index (χ1v) is 10.1. The Bertz CT molecular complexity index is 738. The highest BCUT2D eigenvalue weighted by molar-refractivity contribution is 5.98. The van der Waals surface area contributed by atoms with E-state index in [2.05, 4.69) is 11.5 Å². The number of benzene rings is 1. The van der Waals surface area contributed by atoms with Crippen molar-refractivity contribution < 1.29 is 19.1 Å². The average molecular weight is 386 g/mol. The molecular weight excluding hydrogens is 356 g/mol. The largest absolute Gasteiger partial charge is 0.486 e. The van der Waals surface area contributed by atoms with Crippen LogP contribution in [0.2, 0.25) is 0 Å². The van der Waals surface area contributed by atoms with Crippen molar-refractivity contribution in [2.45, 2.75) is 26.7 Å². The molecule has 0 saturated carbocycles. The van der Waals surface area contributed by atoms with E-state index in [1.54, 1.807) is 6.07 Å². The van der Waals surface area contributed by atoms with Crippen molar-refractivity contribution in [3.05, 3.63) is 35.9 Å². The molecule has 2 aliphatic heterocycles. The lowest BCUT2D eigenvalue weighted by atomic mass is 9.88. The number of ether oxygens (including phenoxy) is 2. The first kappa shape index (κ1) is 20.4. The molecule has 1 saturated heterocycles. The van der Waals surface area contributed by atoms with Crippen LogP contribution in [0.15, 0.2) is 30.4 Å². The fourth-order valence-electron chi connectivity index (χ4n) is 3.78. The lowest BCUT2D eigenvalue weighted by Crippen LogP contribution is -2.44. The predicted octanol–water partition coefficient (Wildman–Crippen LogP) is 2.78. The van der Waals surface area contributed by atoms with Crippen LogP contribution in [-0.4, -0.2) is 67.4 Å². The molecule has 0 aromatic heterocycles. The number of amides is 1. The number of nitrogens with zero attached hydrogens (tertiary/aromatic N) is 2. The molecule has 0 atom stereocenters. The Kier molecular flexibility index (Phi) is 6.73. The summed E-state index contributed by atoms with van der Waals surface area (Å²) in [6.07, 6.45) is 1.54. The van der Waals surface area contributed by atoms with Gasteiger partial charge < -0.3 is 14.4 Å². The molecule has 1 aromatic rings. The molecular formula is C22H30N2O4. The molecule has 0 N–H and O–H groups in total. The van der Waals surface area contributed by atoms with Gasteiger partial charge in [0.25, 0.3) is 0 Å². The van der Waals surface area contributed by atoms with Crippen molar-refractivity contribution in [3.8, 4) is 11.5 Å². The third-order valence-electron chi connectivity index (χ3n) is 5.34. The van der Waals surface area contributed by atoms with Gasteiger partial charge in [-0.2, -0.15) is 0 Å². The summed E-state index contributed by atoms with van der Waals surface area (Å²) in [5.41, 5.74) is 1.66. The van der Waals surface area contributed by atoms with E-state index in [0.29, 0.717) is 49.9 Å². The van der Waals surface area contributed by atoms with Crippen molar-refractivity contribution in [3.63, 3.8) is 0 Å². The SMILES string of the molecule is C=C(C)CN(CC)C(=O)CN1CCC(C(=O)c2ccc3c(c2)OCCO3)CC1. The second-order valence-electron chi connectivity index (χ2n) is 7.64. The molecule has 2 heterocycles. The number of rotatable bonds is 7.